The third-order valence-corrected chi connectivity index (χ3v) is 3.30. The van der Waals surface area contributed by atoms with Gasteiger partial charge in [0.15, 0.2) is 0 Å². The van der Waals surface area contributed by atoms with Crippen molar-refractivity contribution in [3.8, 4) is 11.1 Å². The Hall–Kier alpha value is -2.34. The van der Waals surface area contributed by atoms with E-state index in [9.17, 15) is 0 Å². The minimum atomic E-state index is 0. The standard InChI is InChI=1S/C19H16.C2H6.CH4/c1-2-5-10-16(9-4-1)18-13-8-14-19(15-18)17-11-6-3-7-12-17;1-2;/h1-4,6-15H,5H2;1-2H3;1H4. The van der Waals surface area contributed by atoms with Gasteiger partial charge in [-0.2, -0.15) is 0 Å². The molecule has 0 bridgehead atoms. The molecule has 0 unspecified atom stereocenters. The van der Waals surface area contributed by atoms with Crippen LogP contribution in [0.5, 0.6) is 0 Å². The van der Waals surface area contributed by atoms with Crippen LogP contribution in [0.4, 0.5) is 0 Å². The Kier molecular flexibility index (Phi) is 7.70. The molecular formula is C22H26. The molecule has 2 aromatic carbocycles. The summed E-state index contributed by atoms with van der Waals surface area (Å²) < 4.78 is 0. The highest BCUT2D eigenvalue weighted by Gasteiger charge is 2.02. The maximum Gasteiger partial charge on any atom is -0.0157 e. The predicted octanol–water partition coefficient (Wildman–Crippen LogP) is 6.92. The highest BCUT2D eigenvalue weighted by molar-refractivity contribution is 5.78. The topological polar surface area (TPSA) is 0 Å². The van der Waals surface area contributed by atoms with Crippen molar-refractivity contribution < 1.29 is 0 Å². The first kappa shape index (κ1) is 17.7. The van der Waals surface area contributed by atoms with Crippen LogP contribution >= 0.6 is 0 Å². The molecule has 0 N–H and O–H groups in total. The average molecular weight is 290 g/mol. The summed E-state index contributed by atoms with van der Waals surface area (Å²) in [5.74, 6) is 0. The molecule has 0 heteroatoms. The lowest BCUT2D eigenvalue weighted by atomic mass is 9.98. The molecule has 0 amide bonds. The van der Waals surface area contributed by atoms with E-state index in [-0.39, 0.29) is 7.43 Å². The van der Waals surface area contributed by atoms with E-state index in [1.54, 1.807) is 0 Å². The van der Waals surface area contributed by atoms with Crippen LogP contribution in [0.15, 0.2) is 85.0 Å². The van der Waals surface area contributed by atoms with E-state index >= 15 is 0 Å². The second-order valence-corrected chi connectivity index (χ2v) is 4.63. The summed E-state index contributed by atoms with van der Waals surface area (Å²) in [6.07, 6.45) is 11.8. The van der Waals surface area contributed by atoms with Gasteiger partial charge in [0, 0.05) is 0 Å². The molecule has 0 saturated carbocycles. The number of benzene rings is 2. The molecule has 2 aromatic rings. The summed E-state index contributed by atoms with van der Waals surface area (Å²) in [7, 11) is 0. The summed E-state index contributed by atoms with van der Waals surface area (Å²) in [5, 5.41) is 0. The van der Waals surface area contributed by atoms with E-state index in [1.165, 1.54) is 22.3 Å². The van der Waals surface area contributed by atoms with Crippen LogP contribution in [-0.2, 0) is 0 Å². The van der Waals surface area contributed by atoms with Gasteiger partial charge in [-0.25, -0.2) is 0 Å². The molecule has 0 fully saturated rings. The summed E-state index contributed by atoms with van der Waals surface area (Å²) in [6, 6.07) is 19.2. The molecule has 0 saturated heterocycles. The van der Waals surface area contributed by atoms with Gasteiger partial charge in [-0.05, 0) is 34.8 Å². The zero-order chi connectivity index (χ0) is 14.9. The van der Waals surface area contributed by atoms with Crippen LogP contribution in [-0.4, -0.2) is 0 Å². The monoisotopic (exact) mass is 290 g/mol. The molecule has 0 atom stereocenters. The summed E-state index contributed by atoms with van der Waals surface area (Å²) in [5.41, 5.74) is 5.11. The molecule has 1 aliphatic carbocycles. The summed E-state index contributed by atoms with van der Waals surface area (Å²) >= 11 is 0. The molecule has 0 aromatic heterocycles. The van der Waals surface area contributed by atoms with Crippen molar-refractivity contribution >= 4 is 5.57 Å². The van der Waals surface area contributed by atoms with Gasteiger partial charge in [0.2, 0.25) is 0 Å². The van der Waals surface area contributed by atoms with Gasteiger partial charge < -0.3 is 0 Å². The van der Waals surface area contributed by atoms with Crippen molar-refractivity contribution in [2.24, 2.45) is 0 Å². The number of hydrogen-bond donors (Lipinski definition) is 0. The highest BCUT2D eigenvalue weighted by atomic mass is 14.1. The van der Waals surface area contributed by atoms with Crippen molar-refractivity contribution in [2.75, 3.05) is 0 Å². The lowest BCUT2D eigenvalue weighted by molar-refractivity contribution is 1.40. The number of allylic oxidation sites excluding steroid dienone is 6. The van der Waals surface area contributed by atoms with Crippen molar-refractivity contribution in [3.05, 3.63) is 90.5 Å². The molecule has 0 aliphatic heterocycles. The summed E-state index contributed by atoms with van der Waals surface area (Å²) in [6.45, 7) is 4.00. The van der Waals surface area contributed by atoms with E-state index < -0.39 is 0 Å². The van der Waals surface area contributed by atoms with Crippen molar-refractivity contribution in [3.63, 3.8) is 0 Å². The Bertz CT molecular complexity index is 643. The first-order chi connectivity index (χ1) is 10.4. The average Bonchev–Trinajstić information content (AvgIpc) is 2.87. The summed E-state index contributed by atoms with van der Waals surface area (Å²) in [4.78, 5) is 0. The van der Waals surface area contributed by atoms with E-state index in [4.69, 9.17) is 0 Å². The van der Waals surface area contributed by atoms with Crippen molar-refractivity contribution in [1.82, 2.24) is 0 Å². The second-order valence-electron chi connectivity index (χ2n) is 4.63. The predicted molar refractivity (Wildman–Crippen MR) is 101 cm³/mol. The maximum absolute atomic E-state index is 2.27. The van der Waals surface area contributed by atoms with E-state index in [0.29, 0.717) is 0 Å². The number of hydrogen-bond acceptors (Lipinski definition) is 0. The molecule has 0 spiro atoms. The van der Waals surface area contributed by atoms with Crippen LogP contribution in [0.1, 0.15) is 33.3 Å². The Morgan fingerprint density at radius 3 is 2.18 bits per heavy atom. The fourth-order valence-corrected chi connectivity index (χ4v) is 2.30. The van der Waals surface area contributed by atoms with Crippen molar-refractivity contribution in [2.45, 2.75) is 27.7 Å². The Labute approximate surface area is 135 Å². The Morgan fingerprint density at radius 1 is 0.727 bits per heavy atom. The van der Waals surface area contributed by atoms with E-state index in [0.717, 1.165) is 6.42 Å². The normalized spacial score (nSPS) is 12.4. The maximum atomic E-state index is 2.27. The fraction of sp³-hybridized carbons (Fsp3) is 0.182. The smallest absolute Gasteiger partial charge is 0.0157 e. The molecule has 0 nitrogen and oxygen atoms in total. The minimum absolute atomic E-state index is 0. The van der Waals surface area contributed by atoms with Crippen LogP contribution < -0.4 is 0 Å². The number of rotatable bonds is 2. The van der Waals surface area contributed by atoms with Gasteiger partial charge >= 0.3 is 0 Å². The fourth-order valence-electron chi connectivity index (χ4n) is 2.30. The van der Waals surface area contributed by atoms with Crippen LogP contribution in [0.25, 0.3) is 16.7 Å². The van der Waals surface area contributed by atoms with Gasteiger partial charge in [0.05, 0.1) is 0 Å². The van der Waals surface area contributed by atoms with Gasteiger partial charge in [-0.3, -0.25) is 0 Å². The first-order valence-electron chi connectivity index (χ1n) is 7.63. The van der Waals surface area contributed by atoms with Crippen LogP contribution in [0.3, 0.4) is 0 Å². The third kappa shape index (κ3) is 4.60. The molecule has 0 heterocycles. The minimum Gasteiger partial charge on any atom is -0.0807 e. The van der Waals surface area contributed by atoms with Gasteiger partial charge in [0.25, 0.3) is 0 Å². The van der Waals surface area contributed by atoms with Crippen LogP contribution in [0, 0.1) is 0 Å². The molecule has 0 radical (unpaired) electrons. The molecule has 22 heavy (non-hydrogen) atoms. The van der Waals surface area contributed by atoms with Crippen LogP contribution in [0.2, 0.25) is 0 Å². The second kappa shape index (κ2) is 9.57. The lowest BCUT2D eigenvalue weighted by Gasteiger charge is -2.06. The first-order valence-corrected chi connectivity index (χ1v) is 7.63. The third-order valence-electron chi connectivity index (χ3n) is 3.30. The molecule has 114 valence electrons. The quantitative estimate of drug-likeness (QED) is 0.563. The van der Waals surface area contributed by atoms with E-state index in [2.05, 4.69) is 85.0 Å². The Balaban J connectivity index is 0.000000775. The van der Waals surface area contributed by atoms with Gasteiger partial charge in [-0.1, -0.05) is 100 Å². The Morgan fingerprint density at radius 2 is 1.41 bits per heavy atom. The molecule has 1 aliphatic rings. The van der Waals surface area contributed by atoms with Gasteiger partial charge in [-0.15, -0.1) is 0 Å². The molecule has 3 rings (SSSR count). The zero-order valence-electron chi connectivity index (χ0n) is 12.8. The van der Waals surface area contributed by atoms with Crippen molar-refractivity contribution in [1.29, 1.82) is 0 Å². The van der Waals surface area contributed by atoms with E-state index in [1.807, 2.05) is 13.8 Å². The SMILES string of the molecule is C.C1=CCC=C(c2cccc(-c3ccccc3)c2)C=C1.CC. The zero-order valence-corrected chi connectivity index (χ0v) is 12.8. The lowest BCUT2D eigenvalue weighted by Crippen LogP contribution is -1.83. The van der Waals surface area contributed by atoms with Gasteiger partial charge in [0.1, 0.15) is 0 Å². The highest BCUT2D eigenvalue weighted by Crippen LogP contribution is 2.25. The molecular weight excluding hydrogens is 264 g/mol. The largest absolute Gasteiger partial charge is 0.0807 e.